The molecule has 5 aromatic rings. The lowest BCUT2D eigenvalue weighted by atomic mass is 9.86. The summed E-state index contributed by atoms with van der Waals surface area (Å²) in [6, 6.07) is 35.1. The number of benzene rings is 4. The number of aromatic nitrogens is 1. The Hall–Kier alpha value is -3.32. The van der Waals surface area contributed by atoms with E-state index >= 15 is 0 Å². The van der Waals surface area contributed by atoms with Gasteiger partial charge in [-0.3, -0.25) is 0 Å². The van der Waals surface area contributed by atoms with Gasteiger partial charge in [-0.05, 0) is 46.4 Å². The van der Waals surface area contributed by atoms with Crippen LogP contribution in [0, 0.1) is 0 Å². The first-order valence-electron chi connectivity index (χ1n) is 10.2. The van der Waals surface area contributed by atoms with E-state index in [0.717, 1.165) is 0 Å². The van der Waals surface area contributed by atoms with Crippen LogP contribution in [0.4, 0.5) is 0 Å². The number of hydrogen-bond acceptors (Lipinski definition) is 0. The van der Waals surface area contributed by atoms with Crippen molar-refractivity contribution in [3.63, 3.8) is 0 Å². The number of hydrogen-bond donors (Lipinski definition) is 0. The van der Waals surface area contributed by atoms with Crippen molar-refractivity contribution in [2.75, 3.05) is 0 Å². The van der Waals surface area contributed by atoms with Gasteiger partial charge in [0, 0.05) is 16.5 Å². The molecule has 1 nitrogen and oxygen atoms in total. The fourth-order valence-electron chi connectivity index (χ4n) is 4.15. The standard InChI is InChI=1S/C28H25N/c1-28(2,3)22-15-18-25-24-11-7-8-12-26(24)29(27(25)19-22)23-16-13-21(14-17-23)20-9-5-4-6-10-20/h4-19H,1-3H3. The van der Waals surface area contributed by atoms with E-state index in [1.807, 2.05) is 0 Å². The third-order valence-electron chi connectivity index (χ3n) is 5.77. The molecule has 0 atom stereocenters. The summed E-state index contributed by atoms with van der Waals surface area (Å²) >= 11 is 0. The molecule has 0 N–H and O–H groups in total. The predicted molar refractivity (Wildman–Crippen MR) is 125 cm³/mol. The van der Waals surface area contributed by atoms with Crippen molar-refractivity contribution in [1.29, 1.82) is 0 Å². The summed E-state index contributed by atoms with van der Waals surface area (Å²) in [5, 5.41) is 2.61. The summed E-state index contributed by atoms with van der Waals surface area (Å²) in [7, 11) is 0. The molecule has 0 amide bonds. The highest BCUT2D eigenvalue weighted by molar-refractivity contribution is 6.09. The van der Waals surface area contributed by atoms with E-state index < -0.39 is 0 Å². The molecular weight excluding hydrogens is 350 g/mol. The summed E-state index contributed by atoms with van der Waals surface area (Å²) in [6.07, 6.45) is 0. The van der Waals surface area contributed by atoms with Gasteiger partial charge in [0.15, 0.2) is 0 Å². The van der Waals surface area contributed by atoms with Gasteiger partial charge >= 0.3 is 0 Å². The molecular formula is C28H25N. The Morgan fingerprint density at radius 2 is 1.17 bits per heavy atom. The van der Waals surface area contributed by atoms with Crippen molar-refractivity contribution < 1.29 is 0 Å². The Morgan fingerprint density at radius 3 is 1.90 bits per heavy atom. The summed E-state index contributed by atoms with van der Waals surface area (Å²) < 4.78 is 2.40. The first kappa shape index (κ1) is 17.8. The lowest BCUT2D eigenvalue weighted by Gasteiger charge is -2.19. The van der Waals surface area contributed by atoms with Gasteiger partial charge in [-0.2, -0.15) is 0 Å². The molecule has 0 aliphatic rings. The highest BCUT2D eigenvalue weighted by Gasteiger charge is 2.17. The van der Waals surface area contributed by atoms with Gasteiger partial charge in [0.1, 0.15) is 0 Å². The van der Waals surface area contributed by atoms with Gasteiger partial charge in [0.25, 0.3) is 0 Å². The minimum atomic E-state index is 0.118. The molecule has 0 bridgehead atoms. The Kier molecular flexibility index (Phi) is 4.06. The second-order valence-electron chi connectivity index (χ2n) is 8.75. The Labute approximate surface area is 172 Å². The molecule has 0 saturated heterocycles. The van der Waals surface area contributed by atoms with Crippen LogP contribution < -0.4 is 0 Å². The van der Waals surface area contributed by atoms with Crippen LogP contribution in [-0.2, 0) is 5.41 Å². The smallest absolute Gasteiger partial charge is 0.0544 e. The number of rotatable bonds is 2. The Balaban J connectivity index is 1.74. The molecule has 0 unspecified atom stereocenters. The molecule has 0 saturated carbocycles. The predicted octanol–water partition coefficient (Wildman–Crippen LogP) is 7.75. The van der Waals surface area contributed by atoms with E-state index in [1.54, 1.807) is 0 Å². The molecule has 1 heteroatoms. The Bertz CT molecular complexity index is 1300. The second kappa shape index (κ2) is 6.63. The van der Waals surface area contributed by atoms with Crippen molar-refractivity contribution in [2.24, 2.45) is 0 Å². The van der Waals surface area contributed by atoms with Crippen molar-refractivity contribution >= 4 is 21.8 Å². The maximum Gasteiger partial charge on any atom is 0.0544 e. The zero-order chi connectivity index (χ0) is 20.0. The van der Waals surface area contributed by atoms with Crippen molar-refractivity contribution in [2.45, 2.75) is 26.2 Å². The first-order valence-corrected chi connectivity index (χ1v) is 10.2. The van der Waals surface area contributed by atoms with Gasteiger partial charge in [-0.25, -0.2) is 0 Å². The van der Waals surface area contributed by atoms with Crippen LogP contribution in [0.2, 0.25) is 0 Å². The molecule has 4 aromatic carbocycles. The first-order chi connectivity index (χ1) is 14.0. The molecule has 1 aromatic heterocycles. The van der Waals surface area contributed by atoms with Crippen LogP contribution in [0.3, 0.4) is 0 Å². The summed E-state index contributed by atoms with van der Waals surface area (Å²) in [5.74, 6) is 0. The highest BCUT2D eigenvalue weighted by Crippen LogP contribution is 2.35. The fourth-order valence-corrected chi connectivity index (χ4v) is 4.15. The van der Waals surface area contributed by atoms with E-state index in [9.17, 15) is 0 Å². The van der Waals surface area contributed by atoms with Crippen molar-refractivity contribution in [3.8, 4) is 16.8 Å². The highest BCUT2D eigenvalue weighted by atomic mass is 15.0. The lowest BCUT2D eigenvalue weighted by Crippen LogP contribution is -2.10. The maximum atomic E-state index is 2.40. The number of nitrogens with zero attached hydrogens (tertiary/aromatic N) is 1. The van der Waals surface area contributed by atoms with Crippen molar-refractivity contribution in [1.82, 2.24) is 4.57 Å². The molecule has 1 heterocycles. The fraction of sp³-hybridized carbons (Fsp3) is 0.143. The molecule has 5 rings (SSSR count). The van der Waals surface area contributed by atoms with Gasteiger partial charge < -0.3 is 4.57 Å². The number of fused-ring (bicyclic) bond motifs is 3. The second-order valence-corrected chi connectivity index (χ2v) is 8.75. The number of para-hydroxylation sites is 1. The lowest BCUT2D eigenvalue weighted by molar-refractivity contribution is 0.591. The average molecular weight is 376 g/mol. The molecule has 0 aliphatic carbocycles. The van der Waals surface area contributed by atoms with Crippen LogP contribution in [-0.4, -0.2) is 4.57 Å². The van der Waals surface area contributed by atoms with Crippen LogP contribution in [0.15, 0.2) is 97.1 Å². The normalized spacial score (nSPS) is 12.0. The molecule has 142 valence electrons. The monoisotopic (exact) mass is 375 g/mol. The van der Waals surface area contributed by atoms with Gasteiger partial charge in [-0.1, -0.05) is 93.6 Å². The van der Waals surface area contributed by atoms with Crippen LogP contribution in [0.25, 0.3) is 38.6 Å². The zero-order valence-electron chi connectivity index (χ0n) is 17.2. The third-order valence-corrected chi connectivity index (χ3v) is 5.77. The van der Waals surface area contributed by atoms with Crippen LogP contribution in [0.5, 0.6) is 0 Å². The van der Waals surface area contributed by atoms with E-state index in [0.29, 0.717) is 0 Å². The molecule has 0 radical (unpaired) electrons. The quantitative estimate of drug-likeness (QED) is 0.297. The minimum absolute atomic E-state index is 0.118. The molecule has 0 fully saturated rings. The van der Waals surface area contributed by atoms with E-state index in [-0.39, 0.29) is 5.41 Å². The summed E-state index contributed by atoms with van der Waals surface area (Å²) in [4.78, 5) is 0. The van der Waals surface area contributed by atoms with Crippen LogP contribution in [0.1, 0.15) is 26.3 Å². The van der Waals surface area contributed by atoms with Gasteiger partial charge in [0.2, 0.25) is 0 Å². The van der Waals surface area contributed by atoms with E-state index in [4.69, 9.17) is 0 Å². The molecule has 29 heavy (non-hydrogen) atoms. The van der Waals surface area contributed by atoms with Gasteiger partial charge in [-0.15, -0.1) is 0 Å². The van der Waals surface area contributed by atoms with Crippen LogP contribution >= 0.6 is 0 Å². The van der Waals surface area contributed by atoms with Crippen molar-refractivity contribution in [3.05, 3.63) is 103 Å². The minimum Gasteiger partial charge on any atom is -0.309 e. The van der Waals surface area contributed by atoms with Gasteiger partial charge in [0.05, 0.1) is 11.0 Å². The SMILES string of the molecule is CC(C)(C)c1ccc2c3ccccc3n(-c3ccc(-c4ccccc4)cc3)c2c1. The maximum absolute atomic E-state index is 2.40. The summed E-state index contributed by atoms with van der Waals surface area (Å²) in [6.45, 7) is 6.82. The average Bonchev–Trinajstić information content (AvgIpc) is 3.08. The van der Waals surface area contributed by atoms with E-state index in [2.05, 4.69) is 122 Å². The topological polar surface area (TPSA) is 4.93 Å². The Morgan fingerprint density at radius 1 is 0.552 bits per heavy atom. The molecule has 0 spiro atoms. The zero-order valence-corrected chi connectivity index (χ0v) is 17.2. The largest absolute Gasteiger partial charge is 0.309 e. The summed E-state index contributed by atoms with van der Waals surface area (Å²) in [5.41, 5.74) is 7.68. The van der Waals surface area contributed by atoms with E-state index in [1.165, 1.54) is 44.2 Å². The third kappa shape index (κ3) is 3.03. The molecule has 0 aliphatic heterocycles.